The number of aryl methyl sites for hydroxylation is 1. The largest absolute Gasteiger partial charge is 0.324 e. The van der Waals surface area contributed by atoms with Crippen molar-refractivity contribution >= 4 is 27.5 Å². The van der Waals surface area contributed by atoms with E-state index in [9.17, 15) is 4.79 Å². The van der Waals surface area contributed by atoms with E-state index in [1.165, 1.54) is 0 Å². The van der Waals surface area contributed by atoms with Gasteiger partial charge in [-0.2, -0.15) is 0 Å². The number of halogens is 1. The van der Waals surface area contributed by atoms with Crippen molar-refractivity contribution in [3.8, 4) is 0 Å². The molecule has 0 spiro atoms. The zero-order valence-electron chi connectivity index (χ0n) is 9.92. The SMILES string of the molecule is Cc1cccc(NC(=O)C2CCCCN2)c1Br. The molecule has 0 aromatic heterocycles. The quantitative estimate of drug-likeness (QED) is 0.881. The van der Waals surface area contributed by atoms with Crippen LogP contribution < -0.4 is 10.6 Å². The summed E-state index contributed by atoms with van der Waals surface area (Å²) in [6.45, 7) is 2.95. The van der Waals surface area contributed by atoms with Gasteiger partial charge in [0.15, 0.2) is 0 Å². The van der Waals surface area contributed by atoms with Crippen LogP contribution in [-0.4, -0.2) is 18.5 Å². The van der Waals surface area contributed by atoms with Crippen LogP contribution in [0.4, 0.5) is 5.69 Å². The molecule has 2 N–H and O–H groups in total. The van der Waals surface area contributed by atoms with Crippen LogP contribution in [0.25, 0.3) is 0 Å². The third kappa shape index (κ3) is 3.07. The Kier molecular flexibility index (Phi) is 4.18. The number of carbonyl (C=O) groups excluding carboxylic acids is 1. The molecule has 4 heteroatoms. The van der Waals surface area contributed by atoms with Crippen molar-refractivity contribution in [1.29, 1.82) is 0 Å². The van der Waals surface area contributed by atoms with Crippen LogP contribution in [0.3, 0.4) is 0 Å². The molecule has 1 saturated heterocycles. The first-order chi connectivity index (χ1) is 8.18. The molecule has 0 bridgehead atoms. The van der Waals surface area contributed by atoms with Crippen LogP contribution in [0.15, 0.2) is 22.7 Å². The summed E-state index contributed by atoms with van der Waals surface area (Å²) in [6, 6.07) is 5.83. The van der Waals surface area contributed by atoms with Crippen molar-refractivity contribution < 1.29 is 4.79 Å². The maximum atomic E-state index is 12.0. The summed E-state index contributed by atoms with van der Waals surface area (Å²) in [7, 11) is 0. The highest BCUT2D eigenvalue weighted by Crippen LogP contribution is 2.26. The Bertz CT molecular complexity index is 414. The first kappa shape index (κ1) is 12.6. The van der Waals surface area contributed by atoms with Crippen LogP contribution in [0.5, 0.6) is 0 Å². The number of anilines is 1. The Morgan fingerprint density at radius 1 is 1.47 bits per heavy atom. The van der Waals surface area contributed by atoms with Crippen molar-refractivity contribution in [3.05, 3.63) is 28.2 Å². The zero-order valence-corrected chi connectivity index (χ0v) is 11.5. The number of carbonyl (C=O) groups is 1. The zero-order chi connectivity index (χ0) is 12.3. The van der Waals surface area contributed by atoms with E-state index in [2.05, 4.69) is 26.6 Å². The van der Waals surface area contributed by atoms with E-state index >= 15 is 0 Å². The Balaban J connectivity index is 2.04. The average molecular weight is 297 g/mol. The highest BCUT2D eigenvalue weighted by atomic mass is 79.9. The minimum atomic E-state index is -0.0452. The van der Waals surface area contributed by atoms with Crippen LogP contribution >= 0.6 is 15.9 Å². The second-order valence-electron chi connectivity index (χ2n) is 4.43. The summed E-state index contributed by atoms with van der Waals surface area (Å²) in [5, 5.41) is 6.22. The van der Waals surface area contributed by atoms with Crippen LogP contribution in [0.1, 0.15) is 24.8 Å². The molecular formula is C13H17BrN2O. The highest BCUT2D eigenvalue weighted by molar-refractivity contribution is 9.10. The molecule has 1 aromatic carbocycles. The number of rotatable bonds is 2. The number of piperidine rings is 1. The molecule has 1 aliphatic rings. The second-order valence-corrected chi connectivity index (χ2v) is 5.22. The lowest BCUT2D eigenvalue weighted by molar-refractivity contribution is -0.118. The van der Waals surface area contributed by atoms with Gasteiger partial charge in [-0.15, -0.1) is 0 Å². The molecule has 1 fully saturated rings. The van der Waals surface area contributed by atoms with E-state index in [4.69, 9.17) is 0 Å². The van der Waals surface area contributed by atoms with E-state index < -0.39 is 0 Å². The average Bonchev–Trinajstić information content (AvgIpc) is 2.36. The summed E-state index contributed by atoms with van der Waals surface area (Å²) in [5.74, 6) is 0.0657. The lowest BCUT2D eigenvalue weighted by Crippen LogP contribution is -2.43. The molecular weight excluding hydrogens is 280 g/mol. The fraction of sp³-hybridized carbons (Fsp3) is 0.462. The van der Waals surface area contributed by atoms with Gasteiger partial charge in [0.05, 0.1) is 11.7 Å². The van der Waals surface area contributed by atoms with Crippen molar-refractivity contribution in [3.63, 3.8) is 0 Å². The fourth-order valence-electron chi connectivity index (χ4n) is 2.04. The minimum Gasteiger partial charge on any atom is -0.324 e. The van der Waals surface area contributed by atoms with Gasteiger partial charge in [-0.05, 0) is 53.9 Å². The standard InChI is InChI=1S/C13H17BrN2O/c1-9-5-4-7-10(12(9)14)16-13(17)11-6-2-3-8-15-11/h4-5,7,11,15H,2-3,6,8H2,1H3,(H,16,17). The van der Waals surface area contributed by atoms with Crippen molar-refractivity contribution in [2.75, 3.05) is 11.9 Å². The van der Waals surface area contributed by atoms with E-state index in [1.807, 2.05) is 25.1 Å². The Morgan fingerprint density at radius 2 is 2.29 bits per heavy atom. The lowest BCUT2D eigenvalue weighted by atomic mass is 10.0. The fourth-order valence-corrected chi connectivity index (χ4v) is 2.40. The molecule has 1 aliphatic heterocycles. The number of nitrogens with one attached hydrogen (secondary N) is 2. The summed E-state index contributed by atoms with van der Waals surface area (Å²) >= 11 is 3.50. The maximum Gasteiger partial charge on any atom is 0.241 e. The summed E-state index contributed by atoms with van der Waals surface area (Å²) in [4.78, 5) is 12.0. The molecule has 0 aliphatic carbocycles. The lowest BCUT2D eigenvalue weighted by Gasteiger charge is -2.22. The Morgan fingerprint density at radius 3 is 3.00 bits per heavy atom. The van der Waals surface area contributed by atoms with Gasteiger partial charge < -0.3 is 10.6 Å². The van der Waals surface area contributed by atoms with Gasteiger partial charge in [0, 0.05) is 4.47 Å². The number of amides is 1. The van der Waals surface area contributed by atoms with E-state index in [0.29, 0.717) is 0 Å². The normalized spacial score (nSPS) is 20.0. The predicted molar refractivity (Wildman–Crippen MR) is 73.2 cm³/mol. The third-order valence-corrected chi connectivity index (χ3v) is 4.13. The number of hydrogen-bond acceptors (Lipinski definition) is 2. The first-order valence-corrected chi connectivity index (χ1v) is 6.77. The molecule has 1 amide bonds. The van der Waals surface area contributed by atoms with E-state index in [1.54, 1.807) is 0 Å². The van der Waals surface area contributed by atoms with Gasteiger partial charge in [0.1, 0.15) is 0 Å². The smallest absolute Gasteiger partial charge is 0.241 e. The first-order valence-electron chi connectivity index (χ1n) is 5.98. The van der Waals surface area contributed by atoms with Gasteiger partial charge in [-0.1, -0.05) is 18.6 Å². The van der Waals surface area contributed by atoms with Crippen molar-refractivity contribution in [2.45, 2.75) is 32.2 Å². The van der Waals surface area contributed by atoms with Gasteiger partial charge in [-0.25, -0.2) is 0 Å². The molecule has 92 valence electrons. The summed E-state index contributed by atoms with van der Waals surface area (Å²) in [6.07, 6.45) is 3.22. The molecule has 1 heterocycles. The van der Waals surface area contributed by atoms with Crippen molar-refractivity contribution in [1.82, 2.24) is 5.32 Å². The molecule has 3 nitrogen and oxygen atoms in total. The van der Waals surface area contributed by atoms with Gasteiger partial charge in [0.2, 0.25) is 5.91 Å². The van der Waals surface area contributed by atoms with E-state index in [-0.39, 0.29) is 11.9 Å². The Hall–Kier alpha value is -0.870. The summed E-state index contributed by atoms with van der Waals surface area (Å²) < 4.78 is 0.962. The number of benzene rings is 1. The molecule has 0 radical (unpaired) electrons. The van der Waals surface area contributed by atoms with Gasteiger partial charge in [0.25, 0.3) is 0 Å². The minimum absolute atomic E-state index is 0.0452. The molecule has 2 rings (SSSR count). The van der Waals surface area contributed by atoms with E-state index in [0.717, 1.165) is 41.5 Å². The summed E-state index contributed by atoms with van der Waals surface area (Å²) in [5.41, 5.74) is 1.97. The third-order valence-electron chi connectivity index (χ3n) is 3.08. The topological polar surface area (TPSA) is 41.1 Å². The molecule has 1 aromatic rings. The predicted octanol–water partition coefficient (Wildman–Crippen LogP) is 2.84. The maximum absolute atomic E-state index is 12.0. The second kappa shape index (κ2) is 5.65. The van der Waals surface area contributed by atoms with Gasteiger partial charge >= 0.3 is 0 Å². The van der Waals surface area contributed by atoms with Crippen LogP contribution in [0, 0.1) is 6.92 Å². The Labute approximate surface area is 110 Å². The number of hydrogen-bond donors (Lipinski definition) is 2. The van der Waals surface area contributed by atoms with Gasteiger partial charge in [-0.3, -0.25) is 4.79 Å². The van der Waals surface area contributed by atoms with Crippen molar-refractivity contribution in [2.24, 2.45) is 0 Å². The van der Waals surface area contributed by atoms with Crippen LogP contribution in [-0.2, 0) is 4.79 Å². The molecule has 1 unspecified atom stereocenters. The highest BCUT2D eigenvalue weighted by Gasteiger charge is 2.20. The molecule has 1 atom stereocenters. The molecule has 17 heavy (non-hydrogen) atoms. The van der Waals surface area contributed by atoms with Crippen LogP contribution in [0.2, 0.25) is 0 Å². The monoisotopic (exact) mass is 296 g/mol. The molecule has 0 saturated carbocycles.